The van der Waals surface area contributed by atoms with E-state index in [1.807, 2.05) is 38.1 Å². The number of benzene rings is 1. The van der Waals surface area contributed by atoms with Crippen molar-refractivity contribution in [3.63, 3.8) is 0 Å². The number of thioether (sulfide) groups is 1. The molecule has 0 bridgehead atoms. The van der Waals surface area contributed by atoms with Crippen molar-refractivity contribution >= 4 is 23.4 Å². The minimum Gasteiger partial charge on any atom is -0.336 e. The average molecular weight is 333 g/mol. The molecule has 0 spiro atoms. The minimum absolute atomic E-state index is 0.0811. The molecular weight excluding hydrogens is 310 g/mol. The van der Waals surface area contributed by atoms with Crippen molar-refractivity contribution in [3.8, 4) is 0 Å². The predicted molar refractivity (Wildman–Crippen MR) is 93.9 cm³/mol. The zero-order chi connectivity index (χ0) is 16.8. The highest BCUT2D eigenvalue weighted by Gasteiger charge is 2.19. The summed E-state index contributed by atoms with van der Waals surface area (Å²) in [6.45, 7) is 5.91. The molecule has 0 radical (unpaired) electrons. The molecular formula is C16H23N5OS. The Hall–Kier alpha value is -2.02. The Morgan fingerprint density at radius 1 is 1.39 bits per heavy atom. The van der Waals surface area contributed by atoms with Crippen molar-refractivity contribution < 1.29 is 4.79 Å². The molecule has 2 aromatic rings. The molecule has 6 nitrogen and oxygen atoms in total. The number of nitrogens with zero attached hydrogens (tertiary/aromatic N) is 3. The van der Waals surface area contributed by atoms with E-state index in [9.17, 15) is 4.79 Å². The Balaban J connectivity index is 1.98. The number of rotatable bonds is 7. The van der Waals surface area contributed by atoms with Gasteiger partial charge in [0, 0.05) is 12.1 Å². The zero-order valence-electron chi connectivity index (χ0n) is 13.7. The number of nitrogens with two attached hydrogens (primary N) is 1. The van der Waals surface area contributed by atoms with Gasteiger partial charge in [0.2, 0.25) is 11.1 Å². The number of hydrogen-bond donors (Lipinski definition) is 2. The molecule has 7 heteroatoms. The number of para-hydroxylation sites is 1. The number of aryl methyl sites for hydroxylation is 2. The third kappa shape index (κ3) is 4.48. The van der Waals surface area contributed by atoms with E-state index in [2.05, 4.69) is 22.4 Å². The molecule has 0 aliphatic carbocycles. The molecule has 0 aliphatic heterocycles. The molecule has 1 heterocycles. The smallest absolute Gasteiger partial charge is 0.237 e. The third-order valence-corrected chi connectivity index (χ3v) is 4.60. The van der Waals surface area contributed by atoms with Gasteiger partial charge in [0.25, 0.3) is 0 Å². The van der Waals surface area contributed by atoms with Crippen LogP contribution in [0.25, 0.3) is 0 Å². The van der Waals surface area contributed by atoms with E-state index >= 15 is 0 Å². The van der Waals surface area contributed by atoms with Crippen molar-refractivity contribution in [1.29, 1.82) is 0 Å². The molecule has 2 rings (SSSR count). The first-order chi connectivity index (χ1) is 11.0. The van der Waals surface area contributed by atoms with Crippen LogP contribution in [0.3, 0.4) is 0 Å². The van der Waals surface area contributed by atoms with Crippen molar-refractivity contribution in [1.82, 2.24) is 14.9 Å². The van der Waals surface area contributed by atoms with Gasteiger partial charge in [-0.25, -0.2) is 4.68 Å². The number of carbonyl (C=O) groups is 1. The highest BCUT2D eigenvalue weighted by Crippen LogP contribution is 2.23. The van der Waals surface area contributed by atoms with Gasteiger partial charge >= 0.3 is 0 Å². The molecule has 23 heavy (non-hydrogen) atoms. The van der Waals surface area contributed by atoms with E-state index in [-0.39, 0.29) is 11.2 Å². The molecule has 0 fully saturated rings. The Bertz CT molecular complexity index is 670. The molecule has 3 N–H and O–H groups in total. The van der Waals surface area contributed by atoms with E-state index in [0.29, 0.717) is 5.16 Å². The second-order valence-electron chi connectivity index (χ2n) is 5.44. The topological polar surface area (TPSA) is 85.8 Å². The SMILES string of the molecule is CCCCc1nnc(S[C@@H](C)C(=O)Nc2ccccc2C)n1N. The lowest BCUT2D eigenvalue weighted by Gasteiger charge is -2.13. The lowest BCUT2D eigenvalue weighted by atomic mass is 10.2. The number of carbonyl (C=O) groups excluding carboxylic acids is 1. The van der Waals surface area contributed by atoms with Gasteiger partial charge in [0.05, 0.1) is 5.25 Å². The first-order valence-corrected chi connectivity index (χ1v) is 8.63. The monoisotopic (exact) mass is 333 g/mol. The first kappa shape index (κ1) is 17.3. The van der Waals surface area contributed by atoms with E-state index in [1.165, 1.54) is 16.4 Å². The Kier molecular flexibility index (Phi) is 6.04. The van der Waals surface area contributed by atoms with Crippen LogP contribution in [0.4, 0.5) is 5.69 Å². The molecule has 124 valence electrons. The fourth-order valence-corrected chi connectivity index (χ4v) is 2.84. The number of nitrogen functional groups attached to an aromatic ring is 1. The standard InChI is InChI=1S/C16H23N5OS/c1-4-5-10-14-19-20-16(21(14)17)23-12(3)15(22)18-13-9-7-6-8-11(13)2/h6-9,12H,4-5,10,17H2,1-3H3,(H,18,22)/t12-/m0/s1. The summed E-state index contributed by atoms with van der Waals surface area (Å²) < 4.78 is 1.48. The van der Waals surface area contributed by atoms with E-state index in [4.69, 9.17) is 5.84 Å². The minimum atomic E-state index is -0.319. The normalized spacial score (nSPS) is 12.1. The highest BCUT2D eigenvalue weighted by atomic mass is 32.2. The van der Waals surface area contributed by atoms with E-state index < -0.39 is 0 Å². The maximum absolute atomic E-state index is 12.3. The highest BCUT2D eigenvalue weighted by molar-refractivity contribution is 8.00. The zero-order valence-corrected chi connectivity index (χ0v) is 14.6. The number of amides is 1. The lowest BCUT2D eigenvalue weighted by molar-refractivity contribution is -0.115. The molecule has 0 aliphatic rings. The summed E-state index contributed by atoms with van der Waals surface area (Å²) >= 11 is 1.31. The van der Waals surface area contributed by atoms with Crippen LogP contribution in [0.15, 0.2) is 29.4 Å². The molecule has 1 atom stereocenters. The van der Waals surface area contributed by atoms with Gasteiger partial charge in [-0.15, -0.1) is 10.2 Å². The maximum Gasteiger partial charge on any atom is 0.237 e. The fraction of sp³-hybridized carbons (Fsp3) is 0.438. The van der Waals surface area contributed by atoms with Gasteiger partial charge in [-0.2, -0.15) is 0 Å². The van der Waals surface area contributed by atoms with Gasteiger partial charge < -0.3 is 11.2 Å². The van der Waals surface area contributed by atoms with Gasteiger partial charge in [-0.1, -0.05) is 43.3 Å². The number of aromatic nitrogens is 3. The van der Waals surface area contributed by atoms with Crippen molar-refractivity contribution in [3.05, 3.63) is 35.7 Å². The van der Waals surface area contributed by atoms with Crippen LogP contribution in [0.5, 0.6) is 0 Å². The number of anilines is 1. The molecule has 1 aromatic carbocycles. The summed E-state index contributed by atoms with van der Waals surface area (Å²) in [5.41, 5.74) is 1.85. The Labute approximate surface area is 140 Å². The van der Waals surface area contributed by atoms with Crippen molar-refractivity contribution in [2.45, 2.75) is 50.4 Å². The summed E-state index contributed by atoms with van der Waals surface area (Å²) in [6, 6.07) is 7.69. The molecule has 1 amide bonds. The van der Waals surface area contributed by atoms with Crippen LogP contribution < -0.4 is 11.2 Å². The van der Waals surface area contributed by atoms with Gasteiger partial charge in [-0.3, -0.25) is 4.79 Å². The van der Waals surface area contributed by atoms with Crippen LogP contribution in [0, 0.1) is 6.92 Å². The quantitative estimate of drug-likeness (QED) is 0.601. The predicted octanol–water partition coefficient (Wildman–Crippen LogP) is 2.76. The largest absolute Gasteiger partial charge is 0.336 e. The average Bonchev–Trinajstić information content (AvgIpc) is 2.88. The van der Waals surface area contributed by atoms with Gasteiger partial charge in [-0.05, 0) is 31.9 Å². The summed E-state index contributed by atoms with van der Waals surface area (Å²) in [6.07, 6.45) is 2.89. The Morgan fingerprint density at radius 3 is 2.83 bits per heavy atom. The van der Waals surface area contributed by atoms with E-state index in [0.717, 1.165) is 36.3 Å². The maximum atomic E-state index is 12.3. The number of unbranched alkanes of at least 4 members (excludes halogenated alkanes) is 1. The van der Waals surface area contributed by atoms with Gasteiger partial charge in [0.15, 0.2) is 5.82 Å². The van der Waals surface area contributed by atoms with Crippen LogP contribution in [0.2, 0.25) is 0 Å². The molecule has 0 saturated carbocycles. The third-order valence-electron chi connectivity index (χ3n) is 3.54. The first-order valence-electron chi connectivity index (χ1n) is 7.75. The summed E-state index contributed by atoms with van der Waals surface area (Å²) in [5.74, 6) is 6.68. The lowest BCUT2D eigenvalue weighted by Crippen LogP contribution is -2.24. The van der Waals surface area contributed by atoms with Crippen molar-refractivity contribution in [2.75, 3.05) is 11.2 Å². The van der Waals surface area contributed by atoms with E-state index in [1.54, 1.807) is 0 Å². The summed E-state index contributed by atoms with van der Waals surface area (Å²) in [7, 11) is 0. The second-order valence-corrected chi connectivity index (χ2v) is 6.74. The fourth-order valence-electron chi connectivity index (χ4n) is 2.05. The number of hydrogen-bond acceptors (Lipinski definition) is 5. The van der Waals surface area contributed by atoms with Crippen LogP contribution in [0.1, 0.15) is 38.1 Å². The van der Waals surface area contributed by atoms with Crippen LogP contribution in [-0.4, -0.2) is 26.0 Å². The summed E-state index contributed by atoms with van der Waals surface area (Å²) in [5, 5.41) is 11.4. The molecule has 1 aromatic heterocycles. The number of nitrogens with one attached hydrogen (secondary N) is 1. The Morgan fingerprint density at radius 2 is 2.13 bits per heavy atom. The van der Waals surface area contributed by atoms with Crippen LogP contribution in [-0.2, 0) is 11.2 Å². The molecule has 0 unspecified atom stereocenters. The summed E-state index contributed by atoms with van der Waals surface area (Å²) in [4.78, 5) is 12.3. The van der Waals surface area contributed by atoms with Crippen molar-refractivity contribution in [2.24, 2.45) is 0 Å². The molecule has 0 saturated heterocycles. The van der Waals surface area contributed by atoms with Crippen LogP contribution >= 0.6 is 11.8 Å². The second kappa shape index (κ2) is 8.01. The van der Waals surface area contributed by atoms with Gasteiger partial charge in [0.1, 0.15) is 0 Å².